The van der Waals surface area contributed by atoms with E-state index in [1.165, 1.54) is 4.90 Å². The molecule has 1 aromatic carbocycles. The quantitative estimate of drug-likeness (QED) is 0.864. The summed E-state index contributed by atoms with van der Waals surface area (Å²) in [4.78, 5) is 12.7. The van der Waals surface area contributed by atoms with E-state index in [-0.39, 0.29) is 19.6 Å². The number of halogens is 2. The molecule has 0 aromatic heterocycles. The van der Waals surface area contributed by atoms with Crippen LogP contribution in [0.4, 0.5) is 8.78 Å². The van der Waals surface area contributed by atoms with Crippen LogP contribution >= 0.6 is 0 Å². The number of nitrogens with two attached hydrogens (primary N) is 1. The Bertz CT molecular complexity index is 408. The number of hydrogen-bond donors (Lipinski definition) is 1. The van der Waals surface area contributed by atoms with E-state index < -0.39 is 17.7 Å². The number of hydrogen-bond acceptors (Lipinski definition) is 2. The fraction of sp³-hybridized carbons (Fsp3) is 0.417. The van der Waals surface area contributed by atoms with Gasteiger partial charge in [-0.1, -0.05) is 30.3 Å². The largest absolute Gasteiger partial charge is 0.333 e. The zero-order chi connectivity index (χ0) is 12.5. The smallest absolute Gasteiger partial charge is 0.330 e. The topological polar surface area (TPSA) is 46.3 Å². The fourth-order valence-corrected chi connectivity index (χ4v) is 2.01. The normalized spacial score (nSPS) is 23.1. The first-order valence-corrected chi connectivity index (χ1v) is 5.47. The molecule has 1 amide bonds. The molecule has 2 N–H and O–H groups in total. The first-order chi connectivity index (χ1) is 8.05. The maximum absolute atomic E-state index is 13.5. The second-order valence-corrected chi connectivity index (χ2v) is 4.23. The zero-order valence-corrected chi connectivity index (χ0v) is 9.27. The fourth-order valence-electron chi connectivity index (χ4n) is 2.01. The lowest BCUT2D eigenvalue weighted by atomic mass is 10.1. The minimum absolute atomic E-state index is 0.0250. The molecule has 0 saturated carbocycles. The van der Waals surface area contributed by atoms with E-state index >= 15 is 0 Å². The molecule has 1 atom stereocenters. The lowest BCUT2D eigenvalue weighted by Gasteiger charge is -2.15. The van der Waals surface area contributed by atoms with Crippen molar-refractivity contribution in [2.45, 2.75) is 12.5 Å². The summed E-state index contributed by atoms with van der Waals surface area (Å²) >= 11 is 0. The van der Waals surface area contributed by atoms with Crippen LogP contribution in [0.1, 0.15) is 5.56 Å². The molecule has 1 aliphatic heterocycles. The number of rotatable bonds is 3. The Labute approximate surface area is 98.2 Å². The van der Waals surface area contributed by atoms with Crippen LogP contribution in [0.25, 0.3) is 0 Å². The first-order valence-electron chi connectivity index (χ1n) is 5.47. The standard InChI is InChI=1S/C12H14F2N2O/c13-12(14)10(6-15)8-16(11(12)17)7-9-4-2-1-3-5-9/h1-5,10H,6-8,15H2/t10-/m1/s1. The zero-order valence-electron chi connectivity index (χ0n) is 9.27. The van der Waals surface area contributed by atoms with E-state index in [0.29, 0.717) is 0 Å². The molecule has 0 aliphatic carbocycles. The van der Waals surface area contributed by atoms with Crippen LogP contribution in [-0.2, 0) is 11.3 Å². The lowest BCUT2D eigenvalue weighted by molar-refractivity contribution is -0.151. The van der Waals surface area contributed by atoms with Crippen molar-refractivity contribution in [1.82, 2.24) is 4.90 Å². The molecule has 92 valence electrons. The van der Waals surface area contributed by atoms with Gasteiger partial charge in [-0.25, -0.2) is 0 Å². The molecule has 2 rings (SSSR count). The third-order valence-corrected chi connectivity index (χ3v) is 3.03. The van der Waals surface area contributed by atoms with Crippen molar-refractivity contribution in [3.8, 4) is 0 Å². The molecule has 0 bridgehead atoms. The first kappa shape index (κ1) is 12.0. The summed E-state index contributed by atoms with van der Waals surface area (Å²) in [6, 6.07) is 9.08. The number of nitrogens with zero attached hydrogens (tertiary/aromatic N) is 1. The van der Waals surface area contributed by atoms with Crippen LogP contribution in [0.5, 0.6) is 0 Å². The molecule has 1 saturated heterocycles. The third-order valence-electron chi connectivity index (χ3n) is 3.03. The van der Waals surface area contributed by atoms with E-state index in [1.807, 2.05) is 18.2 Å². The van der Waals surface area contributed by atoms with Gasteiger partial charge in [0, 0.05) is 19.6 Å². The second-order valence-electron chi connectivity index (χ2n) is 4.23. The Kier molecular flexibility index (Phi) is 3.11. The summed E-state index contributed by atoms with van der Waals surface area (Å²) in [6.07, 6.45) is 0. The highest BCUT2D eigenvalue weighted by Crippen LogP contribution is 2.34. The van der Waals surface area contributed by atoms with Crippen molar-refractivity contribution >= 4 is 5.91 Å². The monoisotopic (exact) mass is 240 g/mol. The van der Waals surface area contributed by atoms with Gasteiger partial charge in [-0.2, -0.15) is 8.78 Å². The molecule has 17 heavy (non-hydrogen) atoms. The molecular formula is C12H14F2N2O. The molecular weight excluding hydrogens is 226 g/mol. The Morgan fingerprint density at radius 3 is 2.53 bits per heavy atom. The Hall–Kier alpha value is -1.49. The number of likely N-dealkylation sites (tertiary alicyclic amines) is 1. The molecule has 0 radical (unpaired) electrons. The van der Waals surface area contributed by atoms with Crippen LogP contribution in [0.15, 0.2) is 30.3 Å². The van der Waals surface area contributed by atoms with Gasteiger partial charge in [-0.3, -0.25) is 4.79 Å². The molecule has 0 unspecified atom stereocenters. The van der Waals surface area contributed by atoms with Crippen LogP contribution in [-0.4, -0.2) is 29.8 Å². The minimum Gasteiger partial charge on any atom is -0.333 e. The highest BCUT2D eigenvalue weighted by molar-refractivity contribution is 5.86. The van der Waals surface area contributed by atoms with Gasteiger partial charge in [0.25, 0.3) is 5.91 Å². The van der Waals surface area contributed by atoms with Gasteiger partial charge < -0.3 is 10.6 Å². The molecule has 3 nitrogen and oxygen atoms in total. The Balaban J connectivity index is 2.12. The van der Waals surface area contributed by atoms with Gasteiger partial charge in [0.15, 0.2) is 0 Å². The van der Waals surface area contributed by atoms with Gasteiger partial charge in [0.05, 0.1) is 5.92 Å². The molecule has 1 aliphatic rings. The molecule has 5 heteroatoms. The lowest BCUT2D eigenvalue weighted by Crippen LogP contribution is -2.37. The summed E-state index contributed by atoms with van der Waals surface area (Å²) in [5, 5.41) is 0. The van der Waals surface area contributed by atoms with Crippen molar-refractivity contribution in [3.63, 3.8) is 0 Å². The van der Waals surface area contributed by atoms with Crippen molar-refractivity contribution < 1.29 is 13.6 Å². The number of alkyl halides is 2. The van der Waals surface area contributed by atoms with Crippen molar-refractivity contribution in [1.29, 1.82) is 0 Å². The van der Waals surface area contributed by atoms with Gasteiger partial charge in [0.2, 0.25) is 0 Å². The number of amides is 1. The summed E-state index contributed by atoms with van der Waals surface area (Å²) < 4.78 is 27.0. The second kappa shape index (κ2) is 4.41. The maximum Gasteiger partial charge on any atom is 0.330 e. The predicted molar refractivity (Wildman–Crippen MR) is 59.4 cm³/mol. The summed E-state index contributed by atoms with van der Waals surface area (Å²) in [7, 11) is 0. The van der Waals surface area contributed by atoms with Gasteiger partial charge >= 0.3 is 5.92 Å². The minimum atomic E-state index is -3.32. The molecule has 0 spiro atoms. The van der Waals surface area contributed by atoms with E-state index in [4.69, 9.17) is 5.73 Å². The number of carbonyl (C=O) groups is 1. The maximum atomic E-state index is 13.5. The van der Waals surface area contributed by atoms with Crippen LogP contribution in [0.3, 0.4) is 0 Å². The molecule has 1 aromatic rings. The highest BCUT2D eigenvalue weighted by Gasteiger charge is 2.55. The predicted octanol–water partition coefficient (Wildman–Crippen LogP) is 1.24. The van der Waals surface area contributed by atoms with Crippen molar-refractivity contribution in [2.75, 3.05) is 13.1 Å². The highest BCUT2D eigenvalue weighted by atomic mass is 19.3. The SMILES string of the molecule is NC[C@@H]1CN(Cc2ccccc2)C(=O)C1(F)F. The van der Waals surface area contributed by atoms with Crippen molar-refractivity contribution in [3.05, 3.63) is 35.9 Å². The third kappa shape index (κ3) is 2.15. The number of benzene rings is 1. The van der Waals surface area contributed by atoms with E-state index in [1.54, 1.807) is 12.1 Å². The van der Waals surface area contributed by atoms with Gasteiger partial charge in [-0.15, -0.1) is 0 Å². The Morgan fingerprint density at radius 1 is 1.35 bits per heavy atom. The molecule has 1 fully saturated rings. The number of carbonyl (C=O) groups excluding carboxylic acids is 1. The summed E-state index contributed by atoms with van der Waals surface area (Å²) in [6.45, 7) is 0.0625. The van der Waals surface area contributed by atoms with Gasteiger partial charge in [0.1, 0.15) is 0 Å². The summed E-state index contributed by atoms with van der Waals surface area (Å²) in [5.74, 6) is -5.50. The molecule has 1 heterocycles. The Morgan fingerprint density at radius 2 is 2.00 bits per heavy atom. The van der Waals surface area contributed by atoms with Crippen molar-refractivity contribution in [2.24, 2.45) is 11.7 Å². The van der Waals surface area contributed by atoms with Gasteiger partial charge in [-0.05, 0) is 5.56 Å². The van der Waals surface area contributed by atoms with Crippen LogP contribution in [0, 0.1) is 5.92 Å². The average molecular weight is 240 g/mol. The van der Waals surface area contributed by atoms with E-state index in [9.17, 15) is 13.6 Å². The average Bonchev–Trinajstić information content (AvgIpc) is 2.54. The van der Waals surface area contributed by atoms with E-state index in [0.717, 1.165) is 5.56 Å². The van der Waals surface area contributed by atoms with Crippen LogP contribution < -0.4 is 5.73 Å². The summed E-state index contributed by atoms with van der Waals surface area (Å²) in [5.41, 5.74) is 6.11. The van der Waals surface area contributed by atoms with Crippen LogP contribution in [0.2, 0.25) is 0 Å². The van der Waals surface area contributed by atoms with E-state index in [2.05, 4.69) is 0 Å².